The van der Waals surface area contributed by atoms with Gasteiger partial charge in [-0.15, -0.1) is 0 Å². The third kappa shape index (κ3) is 6.67. The van der Waals surface area contributed by atoms with Crippen molar-refractivity contribution in [2.24, 2.45) is 0 Å². The van der Waals surface area contributed by atoms with Crippen LogP contribution in [-0.4, -0.2) is 54.5 Å². The molecule has 0 bridgehead atoms. The van der Waals surface area contributed by atoms with Gasteiger partial charge in [0.25, 0.3) is 10.1 Å². The van der Waals surface area contributed by atoms with Crippen LogP contribution in [0.15, 0.2) is 12.1 Å². The molecule has 1 aromatic carbocycles. The monoisotopic (exact) mass is 606 g/mol. The molecule has 1 aromatic rings. The van der Waals surface area contributed by atoms with Gasteiger partial charge in [0.15, 0.2) is 0 Å². The Morgan fingerprint density at radius 2 is 1.47 bits per heavy atom. The van der Waals surface area contributed by atoms with Crippen LogP contribution in [0.4, 0.5) is 37.7 Å². The number of nitrogens with one attached hydrogen (secondary N) is 2. The number of esters is 1. The number of amides is 2. The second-order valence-corrected chi connectivity index (χ2v) is 8.72. The molecule has 1 rings (SSSR count). The van der Waals surface area contributed by atoms with Crippen molar-refractivity contribution in [3.8, 4) is 0 Å². The van der Waals surface area contributed by atoms with Crippen molar-refractivity contribution in [1.29, 1.82) is 0 Å². The van der Waals surface area contributed by atoms with E-state index in [0.717, 1.165) is 19.9 Å². The summed E-state index contributed by atoms with van der Waals surface area (Å²) in [5, 5.41) is 4.28. The molecular weight excluding hydrogens is 593 g/mol. The largest absolute Gasteiger partial charge is 0.438 e. The minimum atomic E-state index is -6.52. The highest BCUT2D eigenvalue weighted by molar-refractivity contribution is 14.1. The Balaban J connectivity index is 3.72. The van der Waals surface area contributed by atoms with E-state index in [0.29, 0.717) is 6.07 Å². The van der Waals surface area contributed by atoms with E-state index in [1.54, 1.807) is 0 Å². The number of benzene rings is 1. The Morgan fingerprint density at radius 3 is 1.84 bits per heavy atom. The first-order valence-corrected chi connectivity index (χ1v) is 10.6. The lowest BCUT2D eigenvalue weighted by atomic mass is 10.0. The van der Waals surface area contributed by atoms with Gasteiger partial charge < -0.3 is 15.4 Å². The van der Waals surface area contributed by atoms with E-state index in [9.17, 15) is 49.1 Å². The quantitative estimate of drug-likeness (QED) is 0.196. The summed E-state index contributed by atoms with van der Waals surface area (Å²) >= 11 is 1.30. The Labute approximate surface area is 189 Å². The molecule has 180 valence electrons. The summed E-state index contributed by atoms with van der Waals surface area (Å²) in [5.41, 5.74) is -7.19. The maximum atomic E-state index is 13.4. The molecule has 0 unspecified atom stereocenters. The van der Waals surface area contributed by atoms with Crippen LogP contribution in [0.5, 0.6) is 0 Å². The number of rotatable bonds is 6. The van der Waals surface area contributed by atoms with Crippen LogP contribution in [-0.2, 0) is 24.4 Å². The van der Waals surface area contributed by atoms with E-state index in [1.165, 1.54) is 22.6 Å². The molecule has 0 saturated heterocycles. The molecule has 0 aromatic heterocycles. The summed E-state index contributed by atoms with van der Waals surface area (Å²) in [6.45, 7) is 2.00. The number of carbonyl (C=O) groups excluding carboxylic acids is 3. The van der Waals surface area contributed by atoms with Crippen LogP contribution in [0.1, 0.15) is 24.2 Å². The first kappa shape index (κ1) is 27.9. The van der Waals surface area contributed by atoms with Crippen LogP contribution >= 0.6 is 22.6 Å². The second-order valence-electron chi connectivity index (χ2n) is 6.19. The summed E-state index contributed by atoms with van der Waals surface area (Å²) in [4.78, 5) is 35.0. The fourth-order valence-corrected chi connectivity index (χ4v) is 3.84. The minimum Gasteiger partial charge on any atom is -0.435 e. The number of anilines is 2. The van der Waals surface area contributed by atoms with E-state index >= 15 is 0 Å². The molecule has 0 saturated carbocycles. The normalized spacial score (nSPS) is 12.8. The van der Waals surface area contributed by atoms with Crippen LogP contribution in [0.3, 0.4) is 0 Å². The van der Waals surface area contributed by atoms with Gasteiger partial charge in [0, 0.05) is 19.5 Å². The number of hydrogen-bond donors (Lipinski definition) is 3. The molecule has 32 heavy (non-hydrogen) atoms. The summed E-state index contributed by atoms with van der Waals surface area (Å²) in [7, 11) is -5.97. The fourth-order valence-electron chi connectivity index (χ4n) is 2.27. The van der Waals surface area contributed by atoms with Crippen LogP contribution < -0.4 is 10.6 Å². The number of alkyl halides is 6. The van der Waals surface area contributed by atoms with E-state index in [4.69, 9.17) is 4.55 Å². The summed E-state index contributed by atoms with van der Waals surface area (Å²) in [6.07, 6.45) is -13.0. The molecule has 0 spiro atoms. The molecular formula is C15H13F6IN2O7S. The van der Waals surface area contributed by atoms with Gasteiger partial charge in [-0.2, -0.15) is 34.8 Å². The lowest BCUT2D eigenvalue weighted by Crippen LogP contribution is -2.63. The van der Waals surface area contributed by atoms with Gasteiger partial charge in [0.2, 0.25) is 11.8 Å². The fraction of sp³-hybridized carbons (Fsp3) is 0.400. The standard InChI is InChI=1S/C15H13F6IN2O7S/c1-6(25)23-8-3-9(11(22)10(4-8)24-7(2)26)12(27)31-13(14(16,17)18,15(19,20)21)5-32(28,29)30/h3-4H,5H2,1-2H3,(H,23,25)(H,24,26)(H,28,29,30). The molecule has 0 heterocycles. The predicted octanol–water partition coefficient (Wildman–Crippen LogP) is 3.12. The smallest absolute Gasteiger partial charge is 0.435 e. The molecule has 3 N–H and O–H groups in total. The van der Waals surface area contributed by atoms with Gasteiger partial charge in [0.1, 0.15) is 5.75 Å². The number of hydrogen-bond acceptors (Lipinski definition) is 6. The van der Waals surface area contributed by atoms with E-state index < -0.39 is 57.2 Å². The van der Waals surface area contributed by atoms with E-state index in [2.05, 4.69) is 15.4 Å². The zero-order valence-corrected chi connectivity index (χ0v) is 18.8. The highest BCUT2D eigenvalue weighted by Crippen LogP contribution is 2.47. The van der Waals surface area contributed by atoms with Crippen LogP contribution in [0, 0.1) is 3.57 Å². The summed E-state index contributed by atoms with van der Waals surface area (Å²) in [6, 6.07) is 1.71. The van der Waals surface area contributed by atoms with E-state index in [-0.39, 0.29) is 14.9 Å². The molecule has 9 nitrogen and oxygen atoms in total. The Kier molecular flexibility index (Phi) is 8.17. The average molecular weight is 606 g/mol. The lowest BCUT2D eigenvalue weighted by molar-refractivity contribution is -0.356. The predicted molar refractivity (Wildman–Crippen MR) is 104 cm³/mol. The molecule has 0 aliphatic carbocycles. The van der Waals surface area contributed by atoms with Gasteiger partial charge >= 0.3 is 23.9 Å². The third-order valence-corrected chi connectivity index (χ3v) is 5.43. The zero-order valence-electron chi connectivity index (χ0n) is 15.8. The zero-order chi connectivity index (χ0) is 25.3. The van der Waals surface area contributed by atoms with Crippen molar-refractivity contribution >= 4 is 61.9 Å². The Hall–Kier alpha value is -2.15. The molecule has 0 aliphatic heterocycles. The number of halogens is 7. The molecule has 2 amide bonds. The van der Waals surface area contributed by atoms with Crippen LogP contribution in [0.25, 0.3) is 0 Å². The van der Waals surface area contributed by atoms with Gasteiger partial charge in [-0.1, -0.05) is 0 Å². The van der Waals surface area contributed by atoms with Gasteiger partial charge in [-0.25, -0.2) is 4.79 Å². The topological polar surface area (TPSA) is 139 Å². The average Bonchev–Trinajstić information content (AvgIpc) is 2.52. The number of ether oxygens (including phenoxy) is 1. The van der Waals surface area contributed by atoms with Crippen molar-refractivity contribution in [2.75, 3.05) is 16.4 Å². The second kappa shape index (κ2) is 9.38. The molecule has 17 heteroatoms. The number of carbonyl (C=O) groups is 3. The molecule has 0 radical (unpaired) electrons. The highest BCUT2D eigenvalue weighted by Gasteiger charge is 2.76. The van der Waals surface area contributed by atoms with Crippen molar-refractivity contribution < 1.29 is 58.4 Å². The lowest BCUT2D eigenvalue weighted by Gasteiger charge is -2.35. The first-order chi connectivity index (χ1) is 14.2. The first-order valence-electron chi connectivity index (χ1n) is 7.91. The Morgan fingerprint density at radius 1 is 1.00 bits per heavy atom. The van der Waals surface area contributed by atoms with Crippen molar-refractivity contribution in [3.63, 3.8) is 0 Å². The van der Waals surface area contributed by atoms with Gasteiger partial charge in [0.05, 0.1) is 14.8 Å². The SMILES string of the molecule is CC(=O)Nc1cc(NC(C)=O)c(I)c(C(=O)OC(CS(=O)(=O)O)(C(F)(F)F)C(F)(F)F)c1. The minimum absolute atomic E-state index is 0.282. The van der Waals surface area contributed by atoms with Crippen LogP contribution in [0.2, 0.25) is 0 Å². The van der Waals surface area contributed by atoms with Crippen molar-refractivity contribution in [3.05, 3.63) is 21.3 Å². The molecule has 0 atom stereocenters. The van der Waals surface area contributed by atoms with Crippen molar-refractivity contribution in [1.82, 2.24) is 0 Å². The maximum Gasteiger partial charge on any atom is 0.438 e. The molecule has 0 aliphatic rings. The van der Waals surface area contributed by atoms with Gasteiger partial charge in [-0.3, -0.25) is 14.1 Å². The molecule has 0 fully saturated rings. The van der Waals surface area contributed by atoms with E-state index in [1.807, 2.05) is 0 Å². The maximum absolute atomic E-state index is 13.4. The summed E-state index contributed by atoms with van der Waals surface area (Å²) < 4.78 is 114. The summed E-state index contributed by atoms with van der Waals surface area (Å²) in [5.74, 6) is -6.84. The highest BCUT2D eigenvalue weighted by atomic mass is 127. The third-order valence-electron chi connectivity index (χ3n) is 3.49. The van der Waals surface area contributed by atoms with Gasteiger partial charge in [-0.05, 0) is 34.7 Å². The van der Waals surface area contributed by atoms with Crippen molar-refractivity contribution in [2.45, 2.75) is 31.8 Å². The Bertz CT molecular complexity index is 1030.